The summed E-state index contributed by atoms with van der Waals surface area (Å²) in [5.41, 5.74) is 0.634. The molecule has 1 rings (SSSR count). The third-order valence-electron chi connectivity index (χ3n) is 1.49. The molecule has 2 heteroatoms. The zero-order valence-corrected chi connectivity index (χ0v) is 8.63. The molecular weight excluding hydrogens is 164 g/mol. The molecule has 0 bridgehead atoms. The van der Waals surface area contributed by atoms with Gasteiger partial charge >= 0.3 is 0 Å². The van der Waals surface area contributed by atoms with Crippen LogP contribution < -0.4 is 4.74 Å². The van der Waals surface area contributed by atoms with Crippen LogP contribution in [-0.4, -0.2) is 12.9 Å². The summed E-state index contributed by atoms with van der Waals surface area (Å²) < 4.78 is 4.99. The minimum absolute atomic E-state index is 0.0300. The molecule has 0 spiro atoms. The van der Waals surface area contributed by atoms with Gasteiger partial charge in [0.2, 0.25) is 0 Å². The molecule has 0 heterocycles. The van der Waals surface area contributed by atoms with Crippen LogP contribution in [0.25, 0.3) is 0 Å². The topological polar surface area (TPSA) is 26.3 Å². The van der Waals surface area contributed by atoms with Gasteiger partial charge in [0.25, 0.3) is 0 Å². The highest BCUT2D eigenvalue weighted by molar-refractivity contribution is 5.96. The van der Waals surface area contributed by atoms with Crippen molar-refractivity contribution in [3.63, 3.8) is 0 Å². The summed E-state index contributed by atoms with van der Waals surface area (Å²) >= 11 is 0. The quantitative estimate of drug-likeness (QED) is 0.654. The highest BCUT2D eigenvalue weighted by Gasteiger charge is 2.04. The van der Waals surface area contributed by atoms with Gasteiger partial charge in [-0.3, -0.25) is 4.79 Å². The molecule has 2 nitrogen and oxygen atoms in total. The molecule has 0 atom stereocenters. The van der Waals surface area contributed by atoms with Crippen molar-refractivity contribution < 1.29 is 9.53 Å². The van der Waals surface area contributed by atoms with Crippen molar-refractivity contribution in [3.05, 3.63) is 29.8 Å². The van der Waals surface area contributed by atoms with Crippen molar-refractivity contribution >= 4 is 5.78 Å². The van der Waals surface area contributed by atoms with E-state index in [0.717, 1.165) is 0 Å². The van der Waals surface area contributed by atoms with Crippen molar-refractivity contribution in [2.24, 2.45) is 0 Å². The number of Topliss-reactive ketones (excluding diaryl/α,β-unsaturated/α-hetero) is 1. The predicted octanol–water partition coefficient (Wildman–Crippen LogP) is 2.92. The van der Waals surface area contributed by atoms with Crippen molar-refractivity contribution in [2.45, 2.75) is 20.8 Å². The number of rotatable bonds is 2. The highest BCUT2D eigenvalue weighted by Crippen LogP contribution is 2.16. The Balaban J connectivity index is 0.000000671. The fourth-order valence-corrected chi connectivity index (χ4v) is 0.935. The van der Waals surface area contributed by atoms with E-state index in [-0.39, 0.29) is 5.78 Å². The van der Waals surface area contributed by atoms with Gasteiger partial charge < -0.3 is 4.74 Å². The molecule has 0 saturated heterocycles. The summed E-state index contributed by atoms with van der Waals surface area (Å²) in [6.07, 6.45) is 0. The Morgan fingerprint density at radius 2 is 1.77 bits per heavy atom. The Hall–Kier alpha value is -1.31. The van der Waals surface area contributed by atoms with E-state index in [2.05, 4.69) is 0 Å². The molecule has 0 N–H and O–H groups in total. The summed E-state index contributed by atoms with van der Waals surface area (Å²) in [5.74, 6) is 0.669. The largest absolute Gasteiger partial charge is 0.496 e. The first-order valence-electron chi connectivity index (χ1n) is 4.39. The van der Waals surface area contributed by atoms with Gasteiger partial charge in [-0.25, -0.2) is 0 Å². The predicted molar refractivity (Wildman–Crippen MR) is 54.3 cm³/mol. The van der Waals surface area contributed by atoms with E-state index < -0.39 is 0 Å². The van der Waals surface area contributed by atoms with Crippen LogP contribution >= 0.6 is 0 Å². The van der Waals surface area contributed by atoms with Crippen LogP contribution in [0.5, 0.6) is 5.75 Å². The lowest BCUT2D eigenvalue weighted by atomic mass is 10.1. The lowest BCUT2D eigenvalue weighted by Gasteiger charge is -2.03. The van der Waals surface area contributed by atoms with Crippen LogP contribution in [0.4, 0.5) is 0 Å². The second-order valence-corrected chi connectivity index (χ2v) is 2.26. The molecule has 0 amide bonds. The molecule has 0 fully saturated rings. The van der Waals surface area contributed by atoms with Crippen molar-refractivity contribution in [1.29, 1.82) is 0 Å². The summed E-state index contributed by atoms with van der Waals surface area (Å²) in [4.78, 5) is 10.9. The maximum absolute atomic E-state index is 10.9. The number of carbonyl (C=O) groups excluding carboxylic acids is 1. The van der Waals surface area contributed by atoms with Crippen LogP contribution in [0.1, 0.15) is 31.1 Å². The number of methoxy groups -OCH3 is 1. The maximum atomic E-state index is 10.9. The van der Waals surface area contributed by atoms with Crippen molar-refractivity contribution in [1.82, 2.24) is 0 Å². The van der Waals surface area contributed by atoms with E-state index in [1.165, 1.54) is 6.92 Å². The average Bonchev–Trinajstić information content (AvgIpc) is 2.20. The molecule has 0 aliphatic carbocycles. The minimum atomic E-state index is 0.0300. The molecule has 1 aromatic rings. The smallest absolute Gasteiger partial charge is 0.163 e. The number of ether oxygens (including phenoxy) is 1. The molecule has 0 unspecified atom stereocenters. The molecule has 0 radical (unpaired) electrons. The first-order valence-corrected chi connectivity index (χ1v) is 4.39. The molecule has 1 aromatic carbocycles. The van der Waals surface area contributed by atoms with Crippen molar-refractivity contribution in [2.75, 3.05) is 7.11 Å². The number of ketones is 1. The van der Waals surface area contributed by atoms with Gasteiger partial charge in [0.05, 0.1) is 12.7 Å². The Morgan fingerprint density at radius 3 is 2.15 bits per heavy atom. The second-order valence-electron chi connectivity index (χ2n) is 2.26. The number of hydrogen-bond acceptors (Lipinski definition) is 2. The lowest BCUT2D eigenvalue weighted by molar-refractivity contribution is 0.101. The summed E-state index contributed by atoms with van der Waals surface area (Å²) in [6, 6.07) is 7.18. The van der Waals surface area contributed by atoms with Gasteiger partial charge in [-0.1, -0.05) is 26.0 Å². The molecule has 72 valence electrons. The maximum Gasteiger partial charge on any atom is 0.163 e. The van der Waals surface area contributed by atoms with Crippen molar-refractivity contribution in [3.8, 4) is 5.75 Å². The fourth-order valence-electron chi connectivity index (χ4n) is 0.935. The Labute approximate surface area is 79.5 Å². The highest BCUT2D eigenvalue weighted by atomic mass is 16.5. The number of carbonyl (C=O) groups is 1. The minimum Gasteiger partial charge on any atom is -0.496 e. The monoisotopic (exact) mass is 180 g/mol. The van der Waals surface area contributed by atoms with E-state index in [9.17, 15) is 4.79 Å². The van der Waals surface area contributed by atoms with Gasteiger partial charge in [-0.2, -0.15) is 0 Å². The van der Waals surface area contributed by atoms with E-state index in [4.69, 9.17) is 4.74 Å². The summed E-state index contributed by atoms with van der Waals surface area (Å²) in [7, 11) is 1.56. The average molecular weight is 180 g/mol. The number of para-hydroxylation sites is 1. The fraction of sp³-hybridized carbons (Fsp3) is 0.364. The molecule has 0 aliphatic rings. The normalized spacial score (nSPS) is 8.31. The first kappa shape index (κ1) is 11.7. The third kappa shape index (κ3) is 3.28. The van der Waals surface area contributed by atoms with Gasteiger partial charge in [-0.05, 0) is 19.1 Å². The number of benzene rings is 1. The third-order valence-corrected chi connectivity index (χ3v) is 1.49. The summed E-state index contributed by atoms with van der Waals surface area (Å²) in [6.45, 7) is 5.53. The Bertz CT molecular complexity index is 267. The number of hydrogen-bond donors (Lipinski definition) is 0. The Morgan fingerprint density at radius 1 is 1.23 bits per heavy atom. The molecular formula is C11H16O2. The van der Waals surface area contributed by atoms with Gasteiger partial charge in [0, 0.05) is 0 Å². The Kier molecular flexibility index (Phi) is 5.60. The zero-order chi connectivity index (χ0) is 10.3. The van der Waals surface area contributed by atoms with E-state index in [0.29, 0.717) is 11.3 Å². The van der Waals surface area contributed by atoms with Gasteiger partial charge in [0.15, 0.2) is 5.78 Å². The molecule has 0 aliphatic heterocycles. The zero-order valence-electron chi connectivity index (χ0n) is 8.63. The van der Waals surface area contributed by atoms with E-state index in [1.807, 2.05) is 26.0 Å². The van der Waals surface area contributed by atoms with Crippen LogP contribution in [0.15, 0.2) is 24.3 Å². The van der Waals surface area contributed by atoms with Crippen LogP contribution in [0, 0.1) is 0 Å². The standard InChI is InChI=1S/C9H10O2.C2H6/c1-7(10)8-5-3-4-6-9(8)11-2;1-2/h3-6H,1-2H3;1-2H3. The molecule has 0 saturated carbocycles. The van der Waals surface area contributed by atoms with E-state index >= 15 is 0 Å². The van der Waals surface area contributed by atoms with Crippen LogP contribution in [-0.2, 0) is 0 Å². The van der Waals surface area contributed by atoms with Crippen LogP contribution in [0.2, 0.25) is 0 Å². The molecule has 13 heavy (non-hydrogen) atoms. The second kappa shape index (κ2) is 6.23. The van der Waals surface area contributed by atoms with Crippen LogP contribution in [0.3, 0.4) is 0 Å². The first-order chi connectivity index (χ1) is 6.25. The van der Waals surface area contributed by atoms with Gasteiger partial charge in [0.1, 0.15) is 5.75 Å². The summed E-state index contributed by atoms with van der Waals surface area (Å²) in [5, 5.41) is 0. The van der Waals surface area contributed by atoms with Gasteiger partial charge in [-0.15, -0.1) is 0 Å². The molecule has 0 aromatic heterocycles. The van der Waals surface area contributed by atoms with E-state index in [1.54, 1.807) is 19.2 Å². The SMILES string of the molecule is CC.COc1ccccc1C(C)=O. The lowest BCUT2D eigenvalue weighted by Crippen LogP contribution is -1.96.